The van der Waals surface area contributed by atoms with Crippen molar-refractivity contribution >= 4 is 21.7 Å². The summed E-state index contributed by atoms with van der Waals surface area (Å²) in [4.78, 5) is 19.8. The van der Waals surface area contributed by atoms with Gasteiger partial charge in [-0.1, -0.05) is 12.1 Å². The first-order chi connectivity index (χ1) is 15.1. The molecule has 0 unspecified atom stereocenters. The Morgan fingerprint density at radius 3 is 2.34 bits per heavy atom. The second-order valence-electron chi connectivity index (χ2n) is 7.63. The van der Waals surface area contributed by atoms with E-state index in [0.29, 0.717) is 22.5 Å². The van der Waals surface area contributed by atoms with Crippen molar-refractivity contribution in [1.82, 2.24) is 14.2 Å². The van der Waals surface area contributed by atoms with E-state index >= 15 is 0 Å². The molecule has 2 heterocycles. The van der Waals surface area contributed by atoms with Crippen LogP contribution < -0.4 is 4.90 Å². The summed E-state index contributed by atoms with van der Waals surface area (Å²) in [5.74, 6) is -3.18. The number of carbonyl (C=O) groups excluding carboxylic acids is 1. The van der Waals surface area contributed by atoms with Gasteiger partial charge in [-0.05, 0) is 30.2 Å². The Morgan fingerprint density at radius 2 is 1.81 bits per heavy atom. The number of carbonyl (C=O) groups is 1. The number of aromatic nitrogens is 1. The topological polar surface area (TPSA) is 97.6 Å². The lowest BCUT2D eigenvalue weighted by Gasteiger charge is -2.34. The normalized spacial score (nSPS) is 15.0. The van der Waals surface area contributed by atoms with Crippen LogP contribution in [0.4, 0.5) is 14.6 Å². The lowest BCUT2D eigenvalue weighted by atomic mass is 9.99. The Balaban J connectivity index is 1.83. The van der Waals surface area contributed by atoms with E-state index < -0.39 is 15.8 Å². The molecule has 1 saturated heterocycles. The van der Waals surface area contributed by atoms with Gasteiger partial charge in [-0.15, -0.1) is 0 Å². The maximum absolute atomic E-state index is 12.8. The summed E-state index contributed by atoms with van der Waals surface area (Å²) in [6, 6.07) is 9.15. The molecule has 1 aliphatic heterocycles. The molecule has 0 saturated carbocycles. The van der Waals surface area contributed by atoms with Crippen molar-refractivity contribution in [2.24, 2.45) is 0 Å². The van der Waals surface area contributed by atoms with Gasteiger partial charge in [0.15, 0.2) is 0 Å². The number of alkyl halides is 2. The number of benzene rings is 1. The second-order valence-corrected chi connectivity index (χ2v) is 9.53. The van der Waals surface area contributed by atoms with Crippen LogP contribution in [0.2, 0.25) is 0 Å². The Hall–Kier alpha value is -3.10. The van der Waals surface area contributed by atoms with Crippen molar-refractivity contribution in [3.63, 3.8) is 0 Å². The zero-order valence-corrected chi connectivity index (χ0v) is 18.7. The Kier molecular flexibility index (Phi) is 6.76. The molecule has 1 amide bonds. The average Bonchev–Trinajstić information content (AvgIpc) is 2.78. The van der Waals surface area contributed by atoms with Gasteiger partial charge in [0, 0.05) is 57.6 Å². The van der Waals surface area contributed by atoms with Gasteiger partial charge in [-0.25, -0.2) is 13.4 Å². The van der Waals surface area contributed by atoms with Crippen LogP contribution in [-0.4, -0.2) is 74.5 Å². The number of anilines is 1. The van der Waals surface area contributed by atoms with Gasteiger partial charge in [0.2, 0.25) is 0 Å². The van der Waals surface area contributed by atoms with Gasteiger partial charge in [-0.2, -0.15) is 18.3 Å². The smallest absolute Gasteiger partial charge is 0.350 e. The Labute approximate surface area is 185 Å². The van der Waals surface area contributed by atoms with E-state index in [1.54, 1.807) is 43.4 Å². The molecule has 2 aromatic rings. The van der Waals surface area contributed by atoms with Crippen molar-refractivity contribution in [2.75, 3.05) is 45.2 Å². The summed E-state index contributed by atoms with van der Waals surface area (Å²) < 4.78 is 49.6. The molecule has 1 fully saturated rings. The van der Waals surface area contributed by atoms with Crippen LogP contribution in [0, 0.1) is 18.3 Å². The van der Waals surface area contributed by atoms with Gasteiger partial charge in [0.05, 0.1) is 5.56 Å². The number of halogens is 2. The largest absolute Gasteiger partial charge is 0.353 e. The Morgan fingerprint density at radius 1 is 1.16 bits per heavy atom. The minimum atomic E-state index is -4.62. The molecule has 8 nitrogen and oxygen atoms in total. The number of hydrogen-bond acceptors (Lipinski definition) is 6. The van der Waals surface area contributed by atoms with E-state index in [4.69, 9.17) is 0 Å². The van der Waals surface area contributed by atoms with E-state index in [1.165, 1.54) is 4.90 Å². The standard InChI is InChI=1S/C21H23F2N5O3S/c1-14-10-15(4-5-18(14)20(29)26(2)3)17-11-16(12-24)19(25-13-17)27-6-8-28(9-7-27)32(30,31)21(22)23/h4-5,10-11,13,21H,6-9H2,1-3H3. The van der Waals surface area contributed by atoms with E-state index in [0.717, 1.165) is 15.4 Å². The minimum Gasteiger partial charge on any atom is -0.353 e. The number of nitriles is 1. The van der Waals surface area contributed by atoms with Crippen molar-refractivity contribution in [3.05, 3.63) is 47.2 Å². The van der Waals surface area contributed by atoms with Gasteiger partial charge in [0.1, 0.15) is 11.9 Å². The number of hydrogen-bond donors (Lipinski definition) is 0. The molecular formula is C21H23F2N5O3S. The third kappa shape index (κ3) is 4.56. The third-order valence-electron chi connectivity index (χ3n) is 5.31. The fourth-order valence-electron chi connectivity index (χ4n) is 3.54. The van der Waals surface area contributed by atoms with Crippen LogP contribution >= 0.6 is 0 Å². The van der Waals surface area contributed by atoms with Crippen molar-refractivity contribution in [3.8, 4) is 17.2 Å². The predicted molar refractivity (Wildman–Crippen MR) is 116 cm³/mol. The lowest BCUT2D eigenvalue weighted by molar-refractivity contribution is 0.0827. The van der Waals surface area contributed by atoms with E-state index in [2.05, 4.69) is 11.1 Å². The monoisotopic (exact) mass is 463 g/mol. The highest BCUT2D eigenvalue weighted by Gasteiger charge is 2.34. The fraction of sp³-hybridized carbons (Fsp3) is 0.381. The molecule has 0 atom stereocenters. The number of rotatable bonds is 5. The number of sulfonamides is 1. The first-order valence-corrected chi connectivity index (χ1v) is 11.3. The SMILES string of the molecule is Cc1cc(-c2cnc(N3CCN(S(=O)(=O)C(F)F)CC3)c(C#N)c2)ccc1C(=O)N(C)C. The quantitative estimate of drug-likeness (QED) is 0.675. The van der Waals surface area contributed by atoms with Crippen LogP contribution in [0.5, 0.6) is 0 Å². The summed E-state index contributed by atoms with van der Waals surface area (Å²) in [5.41, 5.74) is 3.15. The summed E-state index contributed by atoms with van der Waals surface area (Å²) in [5, 5.41) is 9.63. The molecule has 0 bridgehead atoms. The molecule has 11 heteroatoms. The molecule has 1 aromatic heterocycles. The van der Waals surface area contributed by atoms with Crippen LogP contribution in [-0.2, 0) is 10.0 Å². The van der Waals surface area contributed by atoms with Gasteiger partial charge in [-0.3, -0.25) is 4.79 Å². The van der Waals surface area contributed by atoms with Crippen LogP contribution in [0.15, 0.2) is 30.5 Å². The first-order valence-electron chi connectivity index (χ1n) is 9.81. The van der Waals surface area contributed by atoms with E-state index in [9.17, 15) is 27.3 Å². The van der Waals surface area contributed by atoms with Crippen molar-refractivity contribution in [1.29, 1.82) is 5.26 Å². The third-order valence-corrected chi connectivity index (χ3v) is 6.84. The molecule has 3 rings (SSSR count). The molecule has 1 aromatic carbocycles. The highest BCUT2D eigenvalue weighted by molar-refractivity contribution is 7.89. The number of nitrogens with zero attached hydrogens (tertiary/aromatic N) is 5. The predicted octanol–water partition coefficient (Wildman–Crippen LogP) is 2.30. The molecule has 0 radical (unpaired) electrons. The fourth-order valence-corrected chi connectivity index (χ4v) is 4.44. The number of aryl methyl sites for hydroxylation is 1. The molecule has 0 aliphatic carbocycles. The molecule has 0 spiro atoms. The summed E-state index contributed by atoms with van der Waals surface area (Å²) in [6.07, 6.45) is 1.60. The highest BCUT2D eigenvalue weighted by Crippen LogP contribution is 2.28. The highest BCUT2D eigenvalue weighted by atomic mass is 32.2. The average molecular weight is 464 g/mol. The van der Waals surface area contributed by atoms with E-state index in [1.807, 2.05) is 13.0 Å². The van der Waals surface area contributed by atoms with Crippen molar-refractivity contribution < 1.29 is 22.0 Å². The van der Waals surface area contributed by atoms with Crippen molar-refractivity contribution in [2.45, 2.75) is 12.7 Å². The zero-order valence-electron chi connectivity index (χ0n) is 17.9. The van der Waals surface area contributed by atoms with Gasteiger partial charge < -0.3 is 9.80 Å². The molecule has 1 aliphatic rings. The Bertz CT molecular complexity index is 1170. The maximum Gasteiger partial charge on any atom is 0.350 e. The maximum atomic E-state index is 12.8. The first kappa shape index (κ1) is 23.6. The summed E-state index contributed by atoms with van der Waals surface area (Å²) in [7, 11) is -1.26. The van der Waals surface area contributed by atoms with Crippen LogP contribution in [0.3, 0.4) is 0 Å². The molecule has 170 valence electrons. The van der Waals surface area contributed by atoms with Gasteiger partial charge in [0.25, 0.3) is 15.9 Å². The molecule has 0 N–H and O–H groups in total. The molecular weight excluding hydrogens is 440 g/mol. The van der Waals surface area contributed by atoms with E-state index in [-0.39, 0.29) is 32.1 Å². The molecule has 32 heavy (non-hydrogen) atoms. The number of piperazine rings is 1. The van der Waals surface area contributed by atoms with Crippen LogP contribution in [0.25, 0.3) is 11.1 Å². The van der Waals surface area contributed by atoms with Gasteiger partial charge >= 0.3 is 5.76 Å². The summed E-state index contributed by atoms with van der Waals surface area (Å²) in [6.45, 7) is 1.91. The summed E-state index contributed by atoms with van der Waals surface area (Å²) >= 11 is 0. The minimum absolute atomic E-state index is 0.103. The number of amides is 1. The lowest BCUT2D eigenvalue weighted by Crippen LogP contribution is -2.50. The van der Waals surface area contributed by atoms with Crippen LogP contribution in [0.1, 0.15) is 21.5 Å². The zero-order chi connectivity index (χ0) is 23.6. The number of pyridine rings is 1. The second kappa shape index (κ2) is 9.18.